The van der Waals surface area contributed by atoms with E-state index < -0.39 is 10.0 Å². The fraction of sp³-hybridized carbons (Fsp3) is 0.316. The molecule has 0 atom stereocenters. The Balaban J connectivity index is 1.74. The van der Waals surface area contributed by atoms with Crippen LogP contribution in [0.25, 0.3) is 10.4 Å². The number of hydrogen-bond donors (Lipinski definition) is 1. The van der Waals surface area contributed by atoms with Gasteiger partial charge in [0, 0.05) is 20.5 Å². The van der Waals surface area contributed by atoms with Gasteiger partial charge >= 0.3 is 0 Å². The Morgan fingerprint density at radius 1 is 1.33 bits per heavy atom. The molecule has 0 aliphatic carbocycles. The largest absolute Gasteiger partial charge is 0.302 e. The summed E-state index contributed by atoms with van der Waals surface area (Å²) in [5, 5.41) is 7.31. The lowest BCUT2D eigenvalue weighted by molar-refractivity contribution is -0.114. The summed E-state index contributed by atoms with van der Waals surface area (Å²) in [6.07, 6.45) is 2.80. The van der Waals surface area contributed by atoms with Crippen molar-refractivity contribution in [3.63, 3.8) is 0 Å². The summed E-state index contributed by atoms with van der Waals surface area (Å²) in [4.78, 5) is 16.7. The molecule has 3 heterocycles. The minimum Gasteiger partial charge on any atom is -0.302 e. The van der Waals surface area contributed by atoms with Gasteiger partial charge in [0.2, 0.25) is 5.91 Å². The fourth-order valence-corrected chi connectivity index (χ4v) is 6.78. The normalized spacial score (nSPS) is 13.9. The number of fused-ring (bicyclic) bond motifs is 1. The number of thiazole rings is 1. The zero-order valence-electron chi connectivity index (χ0n) is 16.6. The quantitative estimate of drug-likeness (QED) is 0.634. The number of halogens is 1. The molecule has 2 aromatic heterocycles. The molecule has 158 valence electrons. The molecular weight excluding hydrogens is 446 g/mol. The number of anilines is 2. The van der Waals surface area contributed by atoms with Gasteiger partial charge in [-0.15, -0.1) is 0 Å². The highest BCUT2D eigenvalue weighted by molar-refractivity contribution is 7.92. The first-order chi connectivity index (χ1) is 14.2. The highest BCUT2D eigenvalue weighted by Crippen LogP contribution is 2.39. The van der Waals surface area contributed by atoms with E-state index in [0.29, 0.717) is 23.8 Å². The summed E-state index contributed by atoms with van der Waals surface area (Å²) in [6.45, 7) is 3.71. The first kappa shape index (κ1) is 20.8. The van der Waals surface area contributed by atoms with Crippen molar-refractivity contribution in [3.05, 3.63) is 40.7 Å². The van der Waals surface area contributed by atoms with Crippen LogP contribution in [0.4, 0.5) is 10.8 Å². The van der Waals surface area contributed by atoms with Crippen molar-refractivity contribution in [2.75, 3.05) is 16.2 Å². The van der Waals surface area contributed by atoms with Crippen molar-refractivity contribution in [2.45, 2.75) is 31.7 Å². The molecule has 1 aliphatic rings. The van der Waals surface area contributed by atoms with Gasteiger partial charge in [0.05, 0.1) is 27.5 Å². The van der Waals surface area contributed by atoms with Crippen LogP contribution in [0.15, 0.2) is 29.4 Å². The van der Waals surface area contributed by atoms with Crippen LogP contribution >= 0.6 is 22.9 Å². The molecule has 1 amide bonds. The number of nitrogens with one attached hydrogen (secondary N) is 1. The molecule has 0 radical (unpaired) electrons. The minimum absolute atomic E-state index is 0.0145. The molecule has 0 bridgehead atoms. The average Bonchev–Trinajstić information content (AvgIpc) is 3.21. The van der Waals surface area contributed by atoms with Crippen LogP contribution in [0, 0.1) is 6.92 Å². The van der Waals surface area contributed by atoms with E-state index in [-0.39, 0.29) is 16.0 Å². The zero-order valence-corrected chi connectivity index (χ0v) is 19.0. The van der Waals surface area contributed by atoms with Crippen molar-refractivity contribution < 1.29 is 13.2 Å². The third kappa shape index (κ3) is 3.59. The van der Waals surface area contributed by atoms with Gasteiger partial charge in [-0.25, -0.2) is 4.98 Å². The average molecular weight is 466 g/mol. The summed E-state index contributed by atoms with van der Waals surface area (Å²) < 4.78 is 29.3. The van der Waals surface area contributed by atoms with E-state index in [1.807, 2.05) is 25.1 Å². The smallest absolute Gasteiger partial charge is 0.283 e. The molecule has 0 saturated heterocycles. The maximum Gasteiger partial charge on any atom is 0.283 e. The van der Waals surface area contributed by atoms with Crippen molar-refractivity contribution in [3.8, 4) is 10.4 Å². The van der Waals surface area contributed by atoms with Gasteiger partial charge in [0.25, 0.3) is 10.0 Å². The molecule has 1 aliphatic heterocycles. The zero-order chi connectivity index (χ0) is 21.6. The lowest BCUT2D eigenvalue weighted by Gasteiger charge is -2.30. The fourth-order valence-electron chi connectivity index (χ4n) is 3.62. The number of sulfonamides is 1. The first-order valence-corrected chi connectivity index (χ1v) is 11.9. The first-order valence-electron chi connectivity index (χ1n) is 9.27. The Bertz CT molecular complexity index is 1230. The number of hydrogen-bond acceptors (Lipinski definition) is 6. The minimum atomic E-state index is -3.84. The van der Waals surface area contributed by atoms with Crippen LogP contribution in [-0.4, -0.2) is 35.6 Å². The summed E-state index contributed by atoms with van der Waals surface area (Å²) in [5.41, 5.74) is 3.34. The van der Waals surface area contributed by atoms with Gasteiger partial charge in [-0.1, -0.05) is 29.0 Å². The maximum atomic E-state index is 13.3. The molecule has 11 heteroatoms. The molecule has 1 N–H and O–H groups in total. The molecule has 0 unspecified atom stereocenters. The standard InChI is InChI=1S/C19H20ClN5O3S2/c1-11-17(29-19(22-11)23-12(2)26)14-6-7-16-13(9-14)5-4-8-25(16)30(27,28)18-15(20)10-21-24(18)3/h6-7,9-10H,4-5,8H2,1-3H3,(H,22,23,26). The Morgan fingerprint density at radius 3 is 2.77 bits per heavy atom. The SMILES string of the molecule is CC(=O)Nc1nc(C)c(-c2ccc3c(c2)CCCN3S(=O)(=O)c2c(Cl)cnn2C)s1. The van der Waals surface area contributed by atoms with Crippen LogP contribution in [0.5, 0.6) is 0 Å². The lowest BCUT2D eigenvalue weighted by atomic mass is 10.00. The predicted molar refractivity (Wildman–Crippen MR) is 118 cm³/mol. The Morgan fingerprint density at radius 2 is 2.10 bits per heavy atom. The number of aromatic nitrogens is 3. The number of aryl methyl sites for hydroxylation is 3. The number of carbonyl (C=O) groups is 1. The molecule has 0 fully saturated rings. The van der Waals surface area contributed by atoms with Gasteiger partial charge in [0.1, 0.15) is 0 Å². The summed E-state index contributed by atoms with van der Waals surface area (Å²) >= 11 is 7.51. The molecule has 8 nitrogen and oxygen atoms in total. The van der Waals surface area contributed by atoms with Crippen LogP contribution in [-0.2, 0) is 28.3 Å². The molecule has 30 heavy (non-hydrogen) atoms. The van der Waals surface area contributed by atoms with E-state index in [4.69, 9.17) is 11.6 Å². The van der Waals surface area contributed by atoms with Crippen LogP contribution in [0.3, 0.4) is 0 Å². The van der Waals surface area contributed by atoms with E-state index in [1.54, 1.807) is 7.05 Å². The number of carbonyl (C=O) groups excluding carboxylic acids is 1. The van der Waals surface area contributed by atoms with Crippen molar-refractivity contribution in [1.29, 1.82) is 0 Å². The topological polar surface area (TPSA) is 97.2 Å². The van der Waals surface area contributed by atoms with Crippen LogP contribution in [0.2, 0.25) is 5.02 Å². The maximum absolute atomic E-state index is 13.3. The number of nitrogens with zero attached hydrogens (tertiary/aromatic N) is 4. The number of benzene rings is 1. The second kappa shape index (κ2) is 7.68. The molecule has 4 rings (SSSR count). The van der Waals surface area contributed by atoms with Gasteiger partial charge in [0.15, 0.2) is 10.2 Å². The van der Waals surface area contributed by atoms with E-state index in [2.05, 4.69) is 15.4 Å². The molecule has 0 saturated carbocycles. The van der Waals surface area contributed by atoms with Crippen LogP contribution < -0.4 is 9.62 Å². The molecule has 1 aromatic carbocycles. The molecule has 3 aromatic rings. The van der Waals surface area contributed by atoms with Gasteiger partial charge < -0.3 is 5.32 Å². The van der Waals surface area contributed by atoms with E-state index in [0.717, 1.165) is 28.1 Å². The summed E-state index contributed by atoms with van der Waals surface area (Å²) in [5.74, 6) is -0.171. The number of amides is 1. The van der Waals surface area contributed by atoms with Gasteiger partial charge in [-0.05, 0) is 43.0 Å². The highest BCUT2D eigenvalue weighted by atomic mass is 35.5. The van der Waals surface area contributed by atoms with E-state index in [9.17, 15) is 13.2 Å². The summed E-state index contributed by atoms with van der Waals surface area (Å²) in [6, 6.07) is 5.71. The van der Waals surface area contributed by atoms with Crippen molar-refractivity contribution in [2.24, 2.45) is 7.05 Å². The van der Waals surface area contributed by atoms with Crippen LogP contribution in [0.1, 0.15) is 24.6 Å². The Labute approximate surface area is 183 Å². The van der Waals surface area contributed by atoms with Crippen molar-refractivity contribution in [1.82, 2.24) is 14.8 Å². The second-order valence-corrected chi connectivity index (χ2v) is 10.2. The predicted octanol–water partition coefficient (Wildman–Crippen LogP) is 3.61. The molecule has 0 spiro atoms. The molecular formula is C19H20ClN5O3S2. The van der Waals surface area contributed by atoms with E-state index in [1.165, 1.54) is 33.4 Å². The third-order valence-electron chi connectivity index (χ3n) is 4.87. The third-order valence-corrected chi connectivity index (χ3v) is 8.32. The summed E-state index contributed by atoms with van der Waals surface area (Å²) in [7, 11) is -2.28. The van der Waals surface area contributed by atoms with Gasteiger partial charge in [-0.3, -0.25) is 13.8 Å². The number of rotatable bonds is 4. The highest BCUT2D eigenvalue weighted by Gasteiger charge is 2.33. The Hall–Kier alpha value is -2.43. The Kier molecular flexibility index (Phi) is 5.33. The van der Waals surface area contributed by atoms with E-state index >= 15 is 0 Å². The van der Waals surface area contributed by atoms with Crippen molar-refractivity contribution >= 4 is 49.7 Å². The second-order valence-electron chi connectivity index (χ2n) is 7.06. The monoisotopic (exact) mass is 465 g/mol. The van der Waals surface area contributed by atoms with Gasteiger partial charge in [-0.2, -0.15) is 13.5 Å². The lowest BCUT2D eigenvalue weighted by Crippen LogP contribution is -2.36.